The van der Waals surface area contributed by atoms with Crippen LogP contribution in [0.4, 0.5) is 0 Å². The molecule has 1 rings (SSSR count). The van der Waals surface area contributed by atoms with Crippen LogP contribution in [0.25, 0.3) is 0 Å². The zero-order valence-corrected chi connectivity index (χ0v) is 11.9. The molecule has 1 saturated heterocycles. The Bertz CT molecular complexity index is 324. The third kappa shape index (κ3) is 3.43. The maximum absolute atomic E-state index is 11.4. The second-order valence-electron chi connectivity index (χ2n) is 5.82. The zero-order chi connectivity index (χ0) is 12.6. The number of nitrogens with zero attached hydrogens (tertiary/aromatic N) is 1. The van der Waals surface area contributed by atoms with E-state index >= 15 is 0 Å². The molecule has 1 aliphatic heterocycles. The van der Waals surface area contributed by atoms with Gasteiger partial charge in [0.15, 0.2) is 0 Å². The summed E-state index contributed by atoms with van der Waals surface area (Å²) in [5.41, 5.74) is 0.160. The quantitative estimate of drug-likeness (QED) is 0.732. The summed E-state index contributed by atoms with van der Waals surface area (Å²) >= 11 is 0. The molecule has 0 aromatic rings. The molecule has 1 aliphatic rings. The minimum Gasteiger partial charge on any atom is -0.298 e. The van der Waals surface area contributed by atoms with Crippen LogP contribution < -0.4 is 4.31 Å². The van der Waals surface area contributed by atoms with E-state index in [2.05, 4.69) is 32.7 Å². The van der Waals surface area contributed by atoms with Gasteiger partial charge in [-0.15, -0.1) is 0 Å². The van der Waals surface area contributed by atoms with Crippen molar-refractivity contribution in [3.63, 3.8) is 0 Å². The lowest BCUT2D eigenvalue weighted by molar-refractivity contribution is -0.774. The fourth-order valence-corrected chi connectivity index (χ4v) is 3.21. The SMILES string of the molecule is CN(C1CC[NH+](S(C)(=O)=O)CC1)C(C)(C)C. The Morgan fingerprint density at radius 3 is 1.94 bits per heavy atom. The number of nitrogens with one attached hydrogen (secondary N) is 1. The van der Waals surface area contributed by atoms with Crippen LogP contribution in [-0.2, 0) is 10.0 Å². The number of quaternary nitrogens is 1. The van der Waals surface area contributed by atoms with Crippen molar-refractivity contribution in [1.29, 1.82) is 0 Å². The van der Waals surface area contributed by atoms with Crippen molar-refractivity contribution in [2.24, 2.45) is 0 Å². The molecule has 0 saturated carbocycles. The normalized spacial score (nSPS) is 28.4. The third-order valence-electron chi connectivity index (χ3n) is 3.64. The Balaban J connectivity index is 2.56. The molecule has 0 amide bonds. The summed E-state index contributed by atoms with van der Waals surface area (Å²) in [5, 5.41) is 0. The van der Waals surface area contributed by atoms with Crippen molar-refractivity contribution in [3.8, 4) is 0 Å². The number of hydrogen-bond donors (Lipinski definition) is 1. The summed E-state index contributed by atoms with van der Waals surface area (Å²) in [6.07, 6.45) is 3.27. The molecule has 0 unspecified atom stereocenters. The van der Waals surface area contributed by atoms with Crippen LogP contribution in [0.5, 0.6) is 0 Å². The fourth-order valence-electron chi connectivity index (χ4n) is 2.23. The standard InChI is InChI=1S/C11H24N2O2S/c1-11(2,3)12(4)10-6-8-13(9-7-10)16(5,14)15/h10H,6-9H2,1-5H3/p+1. The largest absolute Gasteiger partial charge is 0.298 e. The Morgan fingerprint density at radius 1 is 1.19 bits per heavy atom. The van der Waals surface area contributed by atoms with Crippen LogP contribution in [-0.4, -0.2) is 51.3 Å². The summed E-state index contributed by atoms with van der Waals surface area (Å²) in [6, 6.07) is 0.519. The van der Waals surface area contributed by atoms with Crippen molar-refractivity contribution >= 4 is 10.0 Å². The van der Waals surface area contributed by atoms with Gasteiger partial charge in [-0.25, -0.2) is 4.31 Å². The highest BCUT2D eigenvalue weighted by Gasteiger charge is 2.33. The second-order valence-corrected chi connectivity index (χ2v) is 7.95. The Kier molecular flexibility index (Phi) is 4.03. The molecule has 0 aromatic carbocycles. The summed E-state index contributed by atoms with van der Waals surface area (Å²) < 4.78 is 23.6. The van der Waals surface area contributed by atoms with Crippen molar-refractivity contribution < 1.29 is 12.7 Å². The first-order chi connectivity index (χ1) is 7.12. The van der Waals surface area contributed by atoms with Crippen LogP contribution in [0, 0.1) is 0 Å². The molecule has 4 nitrogen and oxygen atoms in total. The first-order valence-electron chi connectivity index (χ1n) is 5.90. The smallest absolute Gasteiger partial charge is 0.292 e. The summed E-state index contributed by atoms with van der Waals surface area (Å²) in [5.74, 6) is 0. The highest BCUT2D eigenvalue weighted by atomic mass is 32.2. The molecular weight excluding hydrogens is 224 g/mol. The van der Waals surface area contributed by atoms with E-state index in [9.17, 15) is 8.42 Å². The van der Waals surface area contributed by atoms with Gasteiger partial charge in [0.2, 0.25) is 0 Å². The topological polar surface area (TPSA) is 41.8 Å². The van der Waals surface area contributed by atoms with E-state index in [1.807, 2.05) is 0 Å². The van der Waals surface area contributed by atoms with Crippen molar-refractivity contribution in [3.05, 3.63) is 0 Å². The number of piperidine rings is 1. The molecular formula is C11H25N2O2S+. The predicted molar refractivity (Wildman–Crippen MR) is 66.1 cm³/mol. The Hall–Kier alpha value is -0.130. The molecule has 1 fully saturated rings. The van der Waals surface area contributed by atoms with E-state index in [0.29, 0.717) is 6.04 Å². The summed E-state index contributed by atoms with van der Waals surface area (Å²) in [7, 11) is -0.777. The average Bonchev–Trinajstić information content (AvgIpc) is 2.14. The van der Waals surface area contributed by atoms with Gasteiger partial charge in [0.25, 0.3) is 10.0 Å². The zero-order valence-electron chi connectivity index (χ0n) is 11.1. The predicted octanol–water partition coefficient (Wildman–Crippen LogP) is -0.276. The highest BCUT2D eigenvalue weighted by Crippen LogP contribution is 2.19. The lowest BCUT2D eigenvalue weighted by Gasteiger charge is -2.41. The van der Waals surface area contributed by atoms with E-state index in [1.54, 1.807) is 0 Å². The molecule has 0 aromatic heterocycles. The van der Waals surface area contributed by atoms with Gasteiger partial charge < -0.3 is 0 Å². The van der Waals surface area contributed by atoms with Gasteiger partial charge in [0, 0.05) is 24.4 Å². The van der Waals surface area contributed by atoms with Gasteiger partial charge >= 0.3 is 0 Å². The average molecular weight is 249 g/mol. The van der Waals surface area contributed by atoms with Gasteiger partial charge in [-0.2, -0.15) is 8.42 Å². The minimum absolute atomic E-state index is 0.160. The molecule has 96 valence electrons. The van der Waals surface area contributed by atoms with Crippen LogP contribution in [0.2, 0.25) is 0 Å². The number of sulfonamides is 1. The van der Waals surface area contributed by atoms with Crippen LogP contribution >= 0.6 is 0 Å². The molecule has 1 heterocycles. The number of hydrogen-bond acceptors (Lipinski definition) is 3. The van der Waals surface area contributed by atoms with E-state index in [-0.39, 0.29) is 5.54 Å². The molecule has 0 aliphatic carbocycles. The molecule has 0 spiro atoms. The Morgan fingerprint density at radius 2 is 1.62 bits per heavy atom. The van der Waals surface area contributed by atoms with E-state index in [1.165, 1.54) is 6.26 Å². The number of rotatable bonds is 2. The van der Waals surface area contributed by atoms with Crippen LogP contribution in [0.1, 0.15) is 33.6 Å². The molecule has 0 radical (unpaired) electrons. The maximum Gasteiger partial charge on any atom is 0.292 e. The van der Waals surface area contributed by atoms with Gasteiger partial charge in [-0.05, 0) is 27.8 Å². The van der Waals surface area contributed by atoms with Crippen LogP contribution in [0.15, 0.2) is 0 Å². The maximum atomic E-state index is 11.4. The van der Waals surface area contributed by atoms with Crippen molar-refractivity contribution in [2.75, 3.05) is 26.4 Å². The van der Waals surface area contributed by atoms with Gasteiger partial charge in [-0.3, -0.25) is 4.90 Å². The van der Waals surface area contributed by atoms with Crippen molar-refractivity contribution in [1.82, 2.24) is 4.90 Å². The van der Waals surface area contributed by atoms with Gasteiger partial charge in [0.05, 0.1) is 19.3 Å². The van der Waals surface area contributed by atoms with E-state index in [4.69, 9.17) is 0 Å². The first-order valence-corrected chi connectivity index (χ1v) is 7.79. The van der Waals surface area contributed by atoms with E-state index < -0.39 is 10.0 Å². The molecule has 0 atom stereocenters. The lowest BCUT2D eigenvalue weighted by atomic mass is 9.98. The Labute approximate surface area is 99.7 Å². The van der Waals surface area contributed by atoms with E-state index in [0.717, 1.165) is 30.2 Å². The summed E-state index contributed by atoms with van der Waals surface area (Å²) in [4.78, 5) is 2.37. The van der Waals surface area contributed by atoms with Crippen LogP contribution in [0.3, 0.4) is 0 Å². The molecule has 1 N–H and O–H groups in total. The van der Waals surface area contributed by atoms with Gasteiger partial charge in [-0.1, -0.05) is 0 Å². The van der Waals surface area contributed by atoms with Crippen molar-refractivity contribution in [2.45, 2.75) is 45.2 Å². The fraction of sp³-hybridized carbons (Fsp3) is 1.00. The van der Waals surface area contributed by atoms with Gasteiger partial charge in [0.1, 0.15) is 0 Å². The molecule has 5 heteroatoms. The monoisotopic (exact) mass is 249 g/mol. The molecule has 0 bridgehead atoms. The minimum atomic E-state index is -2.91. The second kappa shape index (κ2) is 4.63. The highest BCUT2D eigenvalue weighted by molar-refractivity contribution is 7.84. The first kappa shape index (κ1) is 13.9. The summed E-state index contributed by atoms with van der Waals surface area (Å²) in [6.45, 7) is 8.07. The molecule has 16 heavy (non-hydrogen) atoms. The lowest BCUT2D eigenvalue weighted by Crippen LogP contribution is -3.15. The third-order valence-corrected chi connectivity index (χ3v) is 5.10.